The number of benzene rings is 2. The summed E-state index contributed by atoms with van der Waals surface area (Å²) in [4.78, 5) is 14.3. The largest absolute Gasteiger partial charge is 0.493 e. The smallest absolute Gasteiger partial charge is 0.254 e. The van der Waals surface area contributed by atoms with Crippen molar-refractivity contribution in [3.63, 3.8) is 0 Å². The maximum Gasteiger partial charge on any atom is 0.254 e. The second-order valence-corrected chi connectivity index (χ2v) is 6.18. The van der Waals surface area contributed by atoms with Crippen LogP contribution in [-0.2, 0) is 6.61 Å². The minimum absolute atomic E-state index is 0.0492. The lowest BCUT2D eigenvalue weighted by Crippen LogP contribution is -2.39. The first-order valence-electron chi connectivity index (χ1n) is 7.95. The number of ether oxygens (including phenoxy) is 2. The molecule has 118 valence electrons. The highest BCUT2D eigenvalue weighted by Crippen LogP contribution is 2.42. The Morgan fingerprint density at radius 1 is 1.26 bits per heavy atom. The van der Waals surface area contributed by atoms with Crippen molar-refractivity contribution in [2.45, 2.75) is 18.9 Å². The molecule has 4 nitrogen and oxygen atoms in total. The molecule has 4 heteroatoms. The molecule has 0 bridgehead atoms. The van der Waals surface area contributed by atoms with Crippen LogP contribution in [0.2, 0.25) is 0 Å². The fourth-order valence-electron chi connectivity index (χ4n) is 3.40. The summed E-state index contributed by atoms with van der Waals surface area (Å²) >= 11 is 0. The SMILES string of the molecule is CN1CC2CCOc3cc(OCc4ccccc4)cc(c32)C1=O. The Labute approximate surface area is 135 Å². The second-order valence-electron chi connectivity index (χ2n) is 6.18. The van der Waals surface area contributed by atoms with E-state index in [1.54, 1.807) is 4.90 Å². The molecular formula is C19H19NO3. The third-order valence-electron chi connectivity index (χ3n) is 4.57. The molecule has 0 radical (unpaired) electrons. The Bertz CT molecular complexity index is 742. The Hall–Kier alpha value is -2.49. The maximum absolute atomic E-state index is 12.5. The number of hydrogen-bond acceptors (Lipinski definition) is 3. The van der Waals surface area contributed by atoms with Crippen molar-refractivity contribution in [1.82, 2.24) is 4.90 Å². The van der Waals surface area contributed by atoms with Gasteiger partial charge in [0.05, 0.1) is 12.2 Å². The van der Waals surface area contributed by atoms with E-state index in [2.05, 4.69) is 0 Å². The number of amides is 1. The summed E-state index contributed by atoms with van der Waals surface area (Å²) in [6.07, 6.45) is 0.960. The molecule has 0 N–H and O–H groups in total. The quantitative estimate of drug-likeness (QED) is 0.874. The molecule has 2 heterocycles. The zero-order chi connectivity index (χ0) is 15.8. The third kappa shape index (κ3) is 2.54. The third-order valence-corrected chi connectivity index (χ3v) is 4.57. The van der Waals surface area contributed by atoms with Crippen molar-refractivity contribution < 1.29 is 14.3 Å². The van der Waals surface area contributed by atoms with Gasteiger partial charge in [-0.1, -0.05) is 30.3 Å². The zero-order valence-electron chi connectivity index (χ0n) is 13.1. The van der Waals surface area contributed by atoms with E-state index in [1.165, 1.54) is 0 Å². The van der Waals surface area contributed by atoms with Crippen molar-refractivity contribution >= 4 is 5.91 Å². The summed E-state index contributed by atoms with van der Waals surface area (Å²) in [5.41, 5.74) is 2.89. The summed E-state index contributed by atoms with van der Waals surface area (Å²) in [6, 6.07) is 13.8. The number of carbonyl (C=O) groups excluding carboxylic acids is 1. The minimum Gasteiger partial charge on any atom is -0.493 e. The van der Waals surface area contributed by atoms with Crippen LogP contribution in [0.1, 0.15) is 33.8 Å². The molecule has 0 aliphatic carbocycles. The molecule has 2 aliphatic heterocycles. The molecule has 1 atom stereocenters. The molecule has 2 aromatic rings. The van der Waals surface area contributed by atoms with E-state index in [0.29, 0.717) is 24.9 Å². The van der Waals surface area contributed by atoms with Gasteiger partial charge in [-0.15, -0.1) is 0 Å². The summed E-state index contributed by atoms with van der Waals surface area (Å²) in [5.74, 6) is 1.92. The summed E-state index contributed by atoms with van der Waals surface area (Å²) in [5, 5.41) is 0. The van der Waals surface area contributed by atoms with E-state index in [-0.39, 0.29) is 5.91 Å². The summed E-state index contributed by atoms with van der Waals surface area (Å²) in [6.45, 7) is 1.94. The topological polar surface area (TPSA) is 38.8 Å². The Morgan fingerprint density at radius 3 is 2.91 bits per heavy atom. The van der Waals surface area contributed by atoms with Crippen LogP contribution in [0, 0.1) is 0 Å². The van der Waals surface area contributed by atoms with Crippen molar-refractivity contribution in [3.05, 3.63) is 59.2 Å². The van der Waals surface area contributed by atoms with Crippen LogP contribution in [-0.4, -0.2) is 31.0 Å². The average molecular weight is 309 g/mol. The van der Waals surface area contributed by atoms with E-state index < -0.39 is 0 Å². The highest BCUT2D eigenvalue weighted by atomic mass is 16.5. The molecule has 4 rings (SSSR count). The zero-order valence-corrected chi connectivity index (χ0v) is 13.1. The molecule has 0 aromatic heterocycles. The van der Waals surface area contributed by atoms with Crippen molar-refractivity contribution in [2.24, 2.45) is 0 Å². The minimum atomic E-state index is 0.0492. The predicted molar refractivity (Wildman–Crippen MR) is 87.0 cm³/mol. The standard InChI is InChI=1S/C19H19NO3/c1-20-11-14-7-8-22-17-10-15(9-16(18(14)17)19(20)21)23-12-13-5-3-2-4-6-13/h2-6,9-10,14H,7-8,11-12H2,1H3. The van der Waals surface area contributed by atoms with Crippen LogP contribution in [0.15, 0.2) is 42.5 Å². The van der Waals surface area contributed by atoms with Gasteiger partial charge in [0.2, 0.25) is 0 Å². The van der Waals surface area contributed by atoms with Crippen LogP contribution < -0.4 is 9.47 Å². The van der Waals surface area contributed by atoms with E-state index in [4.69, 9.17) is 9.47 Å². The lowest BCUT2D eigenvalue weighted by Gasteiger charge is -2.36. The van der Waals surface area contributed by atoms with Gasteiger partial charge in [0.25, 0.3) is 5.91 Å². The van der Waals surface area contributed by atoms with Gasteiger partial charge in [-0.25, -0.2) is 0 Å². The van der Waals surface area contributed by atoms with Gasteiger partial charge in [0, 0.05) is 31.1 Å². The molecule has 0 spiro atoms. The molecule has 0 saturated carbocycles. The number of likely N-dealkylation sites (N-methyl/N-ethyl adjacent to an activating group) is 1. The van der Waals surface area contributed by atoms with Gasteiger partial charge in [0.1, 0.15) is 18.1 Å². The van der Waals surface area contributed by atoms with Crippen LogP contribution in [0.3, 0.4) is 0 Å². The first kappa shape index (κ1) is 14.1. The number of nitrogens with zero attached hydrogens (tertiary/aromatic N) is 1. The maximum atomic E-state index is 12.5. The average Bonchev–Trinajstić information content (AvgIpc) is 2.58. The van der Waals surface area contributed by atoms with E-state index in [9.17, 15) is 4.79 Å². The summed E-state index contributed by atoms with van der Waals surface area (Å²) < 4.78 is 11.7. The number of rotatable bonds is 3. The van der Waals surface area contributed by atoms with E-state index >= 15 is 0 Å². The van der Waals surface area contributed by atoms with Crippen LogP contribution >= 0.6 is 0 Å². The second kappa shape index (κ2) is 5.61. The molecule has 0 fully saturated rings. The van der Waals surface area contributed by atoms with Gasteiger partial charge < -0.3 is 14.4 Å². The predicted octanol–water partition coefficient (Wildman–Crippen LogP) is 3.22. The number of carbonyl (C=O) groups is 1. The van der Waals surface area contributed by atoms with E-state index in [1.807, 2.05) is 49.5 Å². The monoisotopic (exact) mass is 309 g/mol. The van der Waals surface area contributed by atoms with Crippen LogP contribution in [0.4, 0.5) is 0 Å². The van der Waals surface area contributed by atoms with Gasteiger partial charge in [-0.05, 0) is 18.1 Å². The molecule has 1 unspecified atom stereocenters. The van der Waals surface area contributed by atoms with Crippen molar-refractivity contribution in [1.29, 1.82) is 0 Å². The summed E-state index contributed by atoms with van der Waals surface area (Å²) in [7, 11) is 1.86. The molecule has 23 heavy (non-hydrogen) atoms. The number of hydrogen-bond donors (Lipinski definition) is 0. The normalized spacial score (nSPS) is 19.1. The Balaban J connectivity index is 1.66. The first-order chi connectivity index (χ1) is 11.2. The highest BCUT2D eigenvalue weighted by Gasteiger charge is 2.35. The van der Waals surface area contributed by atoms with Gasteiger partial charge in [0.15, 0.2) is 0 Å². The Morgan fingerprint density at radius 2 is 2.09 bits per heavy atom. The molecule has 0 saturated heterocycles. The molecular weight excluding hydrogens is 290 g/mol. The molecule has 1 amide bonds. The van der Waals surface area contributed by atoms with Crippen LogP contribution in [0.5, 0.6) is 11.5 Å². The highest BCUT2D eigenvalue weighted by molar-refractivity contribution is 5.98. The van der Waals surface area contributed by atoms with E-state index in [0.717, 1.165) is 35.4 Å². The fraction of sp³-hybridized carbons (Fsp3) is 0.316. The molecule has 2 aliphatic rings. The first-order valence-corrected chi connectivity index (χ1v) is 7.95. The van der Waals surface area contributed by atoms with Crippen molar-refractivity contribution in [2.75, 3.05) is 20.2 Å². The van der Waals surface area contributed by atoms with Crippen LogP contribution in [0.25, 0.3) is 0 Å². The lowest BCUT2D eigenvalue weighted by molar-refractivity contribution is 0.0746. The Kier molecular flexibility index (Phi) is 3.45. The van der Waals surface area contributed by atoms with Crippen molar-refractivity contribution in [3.8, 4) is 11.5 Å². The fourth-order valence-corrected chi connectivity index (χ4v) is 3.40. The van der Waals surface area contributed by atoms with Gasteiger partial charge in [-0.3, -0.25) is 4.79 Å². The lowest BCUT2D eigenvalue weighted by atomic mass is 9.85. The van der Waals surface area contributed by atoms with Gasteiger partial charge in [-0.2, -0.15) is 0 Å². The molecule has 2 aromatic carbocycles. The van der Waals surface area contributed by atoms with Gasteiger partial charge >= 0.3 is 0 Å².